The molecule has 10 heteroatoms. The first-order chi connectivity index (χ1) is 15.0. The number of ether oxygens (including phenoxy) is 2. The Morgan fingerprint density at radius 1 is 1.39 bits per heavy atom. The summed E-state index contributed by atoms with van der Waals surface area (Å²) in [6.07, 6.45) is 3.73. The van der Waals surface area contributed by atoms with Crippen LogP contribution in [0.1, 0.15) is 28.0 Å². The molecule has 0 bridgehead atoms. The molecule has 1 aliphatic heterocycles. The molecule has 162 valence electrons. The number of benzene rings is 1. The summed E-state index contributed by atoms with van der Waals surface area (Å²) in [4.78, 5) is 24.8. The van der Waals surface area contributed by atoms with Crippen LogP contribution >= 0.6 is 0 Å². The van der Waals surface area contributed by atoms with Crippen LogP contribution in [0.2, 0.25) is 0 Å². The summed E-state index contributed by atoms with van der Waals surface area (Å²) in [6.45, 7) is 0.969. The number of aromatic nitrogens is 3. The molecule has 0 saturated carbocycles. The van der Waals surface area contributed by atoms with Crippen molar-refractivity contribution in [2.75, 3.05) is 32.7 Å². The van der Waals surface area contributed by atoms with Crippen molar-refractivity contribution >= 4 is 28.5 Å². The third-order valence-electron chi connectivity index (χ3n) is 5.36. The van der Waals surface area contributed by atoms with Gasteiger partial charge in [0.25, 0.3) is 5.91 Å². The normalized spacial score (nSPS) is 18.5. The van der Waals surface area contributed by atoms with Crippen molar-refractivity contribution < 1.29 is 14.3 Å². The first kappa shape index (κ1) is 20.8. The second-order valence-electron chi connectivity index (χ2n) is 7.30. The van der Waals surface area contributed by atoms with E-state index in [1.165, 1.54) is 6.20 Å². The number of amides is 1. The van der Waals surface area contributed by atoms with Gasteiger partial charge in [0, 0.05) is 43.2 Å². The average Bonchev–Trinajstić information content (AvgIpc) is 3.23. The molecule has 6 N–H and O–H groups in total. The van der Waals surface area contributed by atoms with Crippen LogP contribution in [0.25, 0.3) is 11.2 Å². The number of nitrogens with zero attached hydrogens (tertiary/aromatic N) is 2. The summed E-state index contributed by atoms with van der Waals surface area (Å²) in [5.74, 6) is 0.339. The zero-order valence-corrected chi connectivity index (χ0v) is 17.4. The van der Waals surface area contributed by atoms with Crippen molar-refractivity contribution in [1.29, 1.82) is 5.41 Å². The molecule has 1 amide bonds. The van der Waals surface area contributed by atoms with Gasteiger partial charge in [0.05, 0.1) is 31.2 Å². The van der Waals surface area contributed by atoms with Gasteiger partial charge in [-0.05, 0) is 24.6 Å². The first-order valence-corrected chi connectivity index (χ1v) is 9.95. The lowest BCUT2D eigenvalue weighted by Gasteiger charge is -2.29. The lowest BCUT2D eigenvalue weighted by atomic mass is 10.0. The maximum Gasteiger partial charge on any atom is 0.255 e. The molecule has 10 nitrogen and oxygen atoms in total. The molecule has 31 heavy (non-hydrogen) atoms. The van der Waals surface area contributed by atoms with Gasteiger partial charge in [-0.2, -0.15) is 0 Å². The van der Waals surface area contributed by atoms with Crippen LogP contribution in [0.4, 0.5) is 5.69 Å². The van der Waals surface area contributed by atoms with Crippen LogP contribution in [0.15, 0.2) is 30.6 Å². The number of hydrogen-bond donors (Lipinski definition) is 5. The van der Waals surface area contributed by atoms with E-state index < -0.39 is 0 Å². The molecular formula is C21H25N7O3. The Balaban J connectivity index is 1.65. The number of fused-ring (bicyclic) bond motifs is 1. The lowest BCUT2D eigenvalue weighted by molar-refractivity contribution is 0.0573. The fourth-order valence-electron chi connectivity index (χ4n) is 3.58. The highest BCUT2D eigenvalue weighted by molar-refractivity contribution is 6.14. The minimum Gasteiger partial charge on any atom is -0.497 e. The summed E-state index contributed by atoms with van der Waals surface area (Å²) in [5, 5.41) is 14.7. The largest absolute Gasteiger partial charge is 0.497 e. The number of nitrogens with one attached hydrogen (secondary N) is 4. The van der Waals surface area contributed by atoms with E-state index in [1.807, 2.05) is 12.1 Å². The Bertz CT molecular complexity index is 1130. The maximum atomic E-state index is 12.9. The monoisotopic (exact) mass is 423 g/mol. The molecule has 1 aliphatic rings. The van der Waals surface area contributed by atoms with Crippen molar-refractivity contribution in [2.24, 2.45) is 5.73 Å². The third-order valence-corrected chi connectivity index (χ3v) is 5.36. The van der Waals surface area contributed by atoms with E-state index in [0.717, 1.165) is 5.69 Å². The molecule has 3 aromatic rings. The third kappa shape index (κ3) is 4.07. The highest BCUT2D eigenvalue weighted by Gasteiger charge is 2.26. The predicted octanol–water partition coefficient (Wildman–Crippen LogP) is 1.27. The van der Waals surface area contributed by atoms with Gasteiger partial charge < -0.3 is 30.8 Å². The minimum atomic E-state index is -0.288. The molecule has 2 aromatic heterocycles. The fraction of sp³-hybridized carbons (Fsp3) is 0.333. The van der Waals surface area contributed by atoms with Crippen molar-refractivity contribution in [3.05, 3.63) is 47.4 Å². The SMILES string of the molecule is CNc1ccc(OC)cc1C(=N)c1cnc2[nH]cc(C(=O)NC3CCOC[C@@H]3N)c2n1. The summed E-state index contributed by atoms with van der Waals surface area (Å²) >= 11 is 0. The molecule has 0 spiro atoms. The number of carbonyl (C=O) groups is 1. The highest BCUT2D eigenvalue weighted by Crippen LogP contribution is 2.25. The first-order valence-electron chi connectivity index (χ1n) is 9.95. The van der Waals surface area contributed by atoms with Gasteiger partial charge in [0.15, 0.2) is 5.65 Å². The quantitative estimate of drug-likeness (QED) is 0.375. The van der Waals surface area contributed by atoms with Gasteiger partial charge in [0.1, 0.15) is 17.0 Å². The molecule has 1 aromatic carbocycles. The van der Waals surface area contributed by atoms with E-state index in [2.05, 4.69) is 25.6 Å². The lowest BCUT2D eigenvalue weighted by Crippen LogP contribution is -2.53. The Morgan fingerprint density at radius 3 is 2.97 bits per heavy atom. The van der Waals surface area contributed by atoms with Crippen LogP contribution in [0.5, 0.6) is 5.75 Å². The van der Waals surface area contributed by atoms with Gasteiger partial charge in [-0.3, -0.25) is 10.2 Å². The van der Waals surface area contributed by atoms with Crippen LogP contribution in [0.3, 0.4) is 0 Å². The van der Waals surface area contributed by atoms with Crippen LogP contribution in [0, 0.1) is 5.41 Å². The molecule has 1 unspecified atom stereocenters. The van der Waals surface area contributed by atoms with E-state index >= 15 is 0 Å². The molecule has 4 rings (SSSR count). The number of methoxy groups -OCH3 is 1. The second-order valence-corrected chi connectivity index (χ2v) is 7.30. The van der Waals surface area contributed by atoms with Crippen LogP contribution < -0.4 is 21.1 Å². The number of carbonyl (C=O) groups excluding carboxylic acids is 1. The van der Waals surface area contributed by atoms with E-state index in [1.54, 1.807) is 26.4 Å². The number of nitrogens with two attached hydrogens (primary N) is 1. The standard InChI is InChI=1S/C21H25N7O3/c1-24-15-4-3-11(30-2)7-12(15)18(23)17-9-26-20-19(27-17)13(8-25-20)21(29)28-16-5-6-31-10-14(16)22/h3-4,7-9,14,16,23-24H,5-6,10,22H2,1-2H3,(H,25,26)(H,28,29)/t14-,16?/m0/s1. The van der Waals surface area contributed by atoms with E-state index in [4.69, 9.17) is 20.6 Å². The van der Waals surface area contributed by atoms with Gasteiger partial charge in [-0.15, -0.1) is 0 Å². The van der Waals surface area contributed by atoms with E-state index in [0.29, 0.717) is 53.4 Å². The average molecular weight is 423 g/mol. The molecule has 0 radical (unpaired) electrons. The molecule has 1 fully saturated rings. The summed E-state index contributed by atoms with van der Waals surface area (Å²) in [7, 11) is 3.35. The topological polar surface area (TPSA) is 151 Å². The Labute approximate surface area is 179 Å². The number of H-pyrrole nitrogens is 1. The van der Waals surface area contributed by atoms with E-state index in [9.17, 15) is 4.79 Å². The number of anilines is 1. The van der Waals surface area contributed by atoms with Gasteiger partial charge in [-0.1, -0.05) is 0 Å². The highest BCUT2D eigenvalue weighted by atomic mass is 16.5. The Kier molecular flexibility index (Phi) is 5.83. The van der Waals surface area contributed by atoms with Crippen molar-refractivity contribution in [3.8, 4) is 5.75 Å². The Hall–Kier alpha value is -3.50. The zero-order chi connectivity index (χ0) is 22.0. The maximum absolute atomic E-state index is 12.9. The van der Waals surface area contributed by atoms with Crippen LogP contribution in [-0.4, -0.2) is 66.0 Å². The van der Waals surface area contributed by atoms with Crippen LogP contribution in [-0.2, 0) is 4.74 Å². The summed E-state index contributed by atoms with van der Waals surface area (Å²) in [6, 6.07) is 4.98. The smallest absolute Gasteiger partial charge is 0.255 e. The number of rotatable bonds is 6. The predicted molar refractivity (Wildman–Crippen MR) is 117 cm³/mol. The van der Waals surface area contributed by atoms with Crippen molar-refractivity contribution in [1.82, 2.24) is 20.3 Å². The molecule has 1 saturated heterocycles. The summed E-state index contributed by atoms with van der Waals surface area (Å²) in [5.41, 5.74) is 9.16. The van der Waals surface area contributed by atoms with Crippen molar-refractivity contribution in [2.45, 2.75) is 18.5 Å². The molecular weight excluding hydrogens is 398 g/mol. The summed E-state index contributed by atoms with van der Waals surface area (Å²) < 4.78 is 10.6. The number of hydrogen-bond acceptors (Lipinski definition) is 8. The number of aromatic amines is 1. The Morgan fingerprint density at radius 2 is 2.23 bits per heavy atom. The molecule has 0 aliphatic carbocycles. The van der Waals surface area contributed by atoms with Gasteiger partial charge in [0.2, 0.25) is 0 Å². The molecule has 2 atom stereocenters. The second kappa shape index (κ2) is 8.70. The fourth-order valence-corrected chi connectivity index (χ4v) is 3.58. The zero-order valence-electron chi connectivity index (χ0n) is 17.4. The van der Waals surface area contributed by atoms with Gasteiger partial charge in [-0.25, -0.2) is 9.97 Å². The molecule has 3 heterocycles. The minimum absolute atomic E-state index is 0.164. The van der Waals surface area contributed by atoms with Crippen molar-refractivity contribution in [3.63, 3.8) is 0 Å². The van der Waals surface area contributed by atoms with Gasteiger partial charge >= 0.3 is 0 Å². The van der Waals surface area contributed by atoms with E-state index in [-0.39, 0.29) is 23.7 Å².